The molecular formula is C24H32S2. The summed E-state index contributed by atoms with van der Waals surface area (Å²) in [5.41, 5.74) is 6.89. The second-order valence-electron chi connectivity index (χ2n) is 8.13. The Morgan fingerprint density at radius 2 is 0.923 bits per heavy atom. The van der Waals surface area contributed by atoms with Crippen molar-refractivity contribution in [3.8, 4) is 0 Å². The second-order valence-corrected chi connectivity index (χ2v) is 10.1. The van der Waals surface area contributed by atoms with Crippen molar-refractivity contribution in [2.24, 2.45) is 0 Å². The highest BCUT2D eigenvalue weighted by Gasteiger charge is 2.16. The third kappa shape index (κ3) is 4.70. The summed E-state index contributed by atoms with van der Waals surface area (Å²) in [5.74, 6) is 0. The van der Waals surface area contributed by atoms with E-state index in [0.717, 1.165) is 0 Å². The van der Waals surface area contributed by atoms with Crippen molar-refractivity contribution in [3.05, 3.63) is 54.9 Å². The van der Waals surface area contributed by atoms with Crippen molar-refractivity contribution in [2.45, 2.75) is 89.9 Å². The van der Waals surface area contributed by atoms with Gasteiger partial charge in [0, 0.05) is 22.6 Å². The topological polar surface area (TPSA) is 0 Å². The van der Waals surface area contributed by atoms with E-state index >= 15 is 0 Å². The summed E-state index contributed by atoms with van der Waals surface area (Å²) in [7, 11) is 0. The first-order valence-corrected chi connectivity index (χ1v) is 12.5. The molecule has 0 nitrogen and oxygen atoms in total. The summed E-state index contributed by atoms with van der Waals surface area (Å²) in [4.78, 5) is 3.33. The maximum Gasteiger partial charge on any atom is 0.0118 e. The summed E-state index contributed by atoms with van der Waals surface area (Å²) in [6, 6.07) is 4.79. The fourth-order valence-electron chi connectivity index (χ4n) is 4.67. The molecule has 0 aromatic carbocycles. The average molecular weight is 385 g/mol. The lowest BCUT2D eigenvalue weighted by Gasteiger charge is -2.16. The van der Waals surface area contributed by atoms with Crippen LogP contribution in [0, 0.1) is 0 Å². The van der Waals surface area contributed by atoms with Crippen molar-refractivity contribution >= 4 is 22.7 Å². The van der Waals surface area contributed by atoms with E-state index in [2.05, 4.69) is 22.9 Å². The molecule has 0 aliphatic heterocycles. The number of allylic oxidation sites excluding steroid dienone is 2. The number of rotatable bonds is 0. The van der Waals surface area contributed by atoms with Gasteiger partial charge in [-0.05, 0) is 85.4 Å². The molecule has 26 heavy (non-hydrogen) atoms. The Balaban J connectivity index is 1.65. The van der Waals surface area contributed by atoms with Crippen LogP contribution in [0.2, 0.25) is 0 Å². The summed E-state index contributed by atoms with van der Waals surface area (Å²) >= 11 is 4.01. The highest BCUT2D eigenvalue weighted by Crippen LogP contribution is 2.33. The molecule has 4 rings (SSSR count). The smallest absolute Gasteiger partial charge is 0.0118 e. The molecule has 2 aliphatic carbocycles. The Morgan fingerprint density at radius 1 is 0.500 bits per heavy atom. The molecule has 0 N–H and O–H groups in total. The first-order chi connectivity index (χ1) is 12.9. The van der Waals surface area contributed by atoms with Crippen LogP contribution in [0.1, 0.15) is 85.1 Å². The van der Waals surface area contributed by atoms with E-state index in [0.29, 0.717) is 0 Å². The lowest BCUT2D eigenvalue weighted by atomic mass is 9.91. The van der Waals surface area contributed by atoms with E-state index in [1.165, 1.54) is 89.9 Å². The molecule has 0 amide bonds. The van der Waals surface area contributed by atoms with Crippen LogP contribution >= 0.6 is 22.7 Å². The Morgan fingerprint density at radius 3 is 1.46 bits per heavy atom. The fourth-order valence-corrected chi connectivity index (χ4v) is 6.62. The first-order valence-electron chi connectivity index (χ1n) is 10.7. The molecule has 2 heterocycles. The van der Waals surface area contributed by atoms with Gasteiger partial charge in [0.15, 0.2) is 0 Å². The summed E-state index contributed by atoms with van der Waals surface area (Å²) in [6.07, 6.45) is 19.0. The minimum Gasteiger partial charge on any atom is -0.148 e. The monoisotopic (exact) mass is 384 g/mol. The molecule has 0 saturated heterocycles. The Bertz CT molecular complexity index is 731. The second kappa shape index (κ2) is 9.37. The Labute approximate surface area is 167 Å². The Hall–Kier alpha value is -0.860. The number of thiophene rings is 2. The highest BCUT2D eigenvalue weighted by atomic mass is 32.1. The van der Waals surface area contributed by atoms with Crippen LogP contribution in [0.3, 0.4) is 0 Å². The Kier molecular flexibility index (Phi) is 6.67. The maximum atomic E-state index is 2.40. The van der Waals surface area contributed by atoms with Crippen LogP contribution < -0.4 is 0 Å². The standard InChI is InChI=1S/C24H32S2/c1-2-5-9-19-13-15-25-23(19)17-21(11-6-3-1)22-12-8-4-7-10-20-14-16-26-24(20)18-22/h13-16H,1-12,17-18H2/b22-21+. The van der Waals surface area contributed by atoms with Gasteiger partial charge in [0.2, 0.25) is 0 Å². The molecule has 0 atom stereocenters. The van der Waals surface area contributed by atoms with Crippen LogP contribution in [0.4, 0.5) is 0 Å². The highest BCUT2D eigenvalue weighted by molar-refractivity contribution is 7.10. The number of fused-ring (bicyclic) bond motifs is 2. The quantitative estimate of drug-likeness (QED) is 0.405. The molecule has 2 heteroatoms. The van der Waals surface area contributed by atoms with Crippen LogP contribution in [-0.2, 0) is 25.7 Å². The molecule has 0 fully saturated rings. The van der Waals surface area contributed by atoms with Gasteiger partial charge in [-0.1, -0.05) is 36.8 Å². The van der Waals surface area contributed by atoms with Gasteiger partial charge < -0.3 is 0 Å². The van der Waals surface area contributed by atoms with Crippen molar-refractivity contribution in [1.29, 1.82) is 0 Å². The fraction of sp³-hybridized carbons (Fsp3) is 0.583. The van der Waals surface area contributed by atoms with Gasteiger partial charge in [-0.3, -0.25) is 0 Å². The molecular weight excluding hydrogens is 352 g/mol. The van der Waals surface area contributed by atoms with Crippen LogP contribution in [-0.4, -0.2) is 0 Å². The van der Waals surface area contributed by atoms with Gasteiger partial charge in [0.1, 0.15) is 0 Å². The van der Waals surface area contributed by atoms with Gasteiger partial charge in [0.25, 0.3) is 0 Å². The lowest BCUT2D eigenvalue weighted by molar-refractivity contribution is 0.611. The minimum atomic E-state index is 1.24. The molecule has 0 saturated carbocycles. The first kappa shape index (κ1) is 18.5. The molecule has 0 radical (unpaired) electrons. The SMILES string of the molecule is c1cc2c(s1)C/C(=C1\CCCCCc3ccsc3C1)CCCCCCC2. The molecule has 0 unspecified atom stereocenters. The largest absolute Gasteiger partial charge is 0.148 e. The molecule has 2 aliphatic rings. The summed E-state index contributed by atoms with van der Waals surface area (Å²) < 4.78 is 0. The van der Waals surface area contributed by atoms with Gasteiger partial charge in [0.05, 0.1) is 0 Å². The normalized spacial score (nSPS) is 23.1. The van der Waals surface area contributed by atoms with Gasteiger partial charge >= 0.3 is 0 Å². The zero-order valence-corrected chi connectivity index (χ0v) is 17.7. The molecule has 0 bridgehead atoms. The van der Waals surface area contributed by atoms with Crippen LogP contribution in [0.5, 0.6) is 0 Å². The predicted molar refractivity (Wildman–Crippen MR) is 117 cm³/mol. The van der Waals surface area contributed by atoms with Crippen molar-refractivity contribution < 1.29 is 0 Å². The van der Waals surface area contributed by atoms with E-state index in [4.69, 9.17) is 0 Å². The predicted octanol–water partition coefficient (Wildman–Crippen LogP) is 7.90. The van der Waals surface area contributed by atoms with E-state index < -0.39 is 0 Å². The summed E-state index contributed by atoms with van der Waals surface area (Å²) in [5, 5.41) is 4.66. The van der Waals surface area contributed by atoms with Crippen LogP contribution in [0.15, 0.2) is 34.0 Å². The van der Waals surface area contributed by atoms with Gasteiger partial charge in [-0.25, -0.2) is 0 Å². The van der Waals surface area contributed by atoms with Crippen molar-refractivity contribution in [2.75, 3.05) is 0 Å². The van der Waals surface area contributed by atoms with E-state index in [9.17, 15) is 0 Å². The molecule has 140 valence electrons. The van der Waals surface area contributed by atoms with E-state index in [1.54, 1.807) is 32.0 Å². The zero-order chi connectivity index (χ0) is 17.6. The third-order valence-corrected chi connectivity index (χ3v) is 8.20. The third-order valence-electron chi connectivity index (χ3n) is 6.27. The van der Waals surface area contributed by atoms with E-state index in [-0.39, 0.29) is 0 Å². The minimum absolute atomic E-state index is 1.24. The van der Waals surface area contributed by atoms with Crippen molar-refractivity contribution in [1.82, 2.24) is 0 Å². The number of hydrogen-bond donors (Lipinski definition) is 0. The molecule has 2 aromatic heterocycles. The molecule has 0 spiro atoms. The van der Waals surface area contributed by atoms with Gasteiger partial charge in [-0.2, -0.15) is 0 Å². The summed E-state index contributed by atoms with van der Waals surface area (Å²) in [6.45, 7) is 0. The van der Waals surface area contributed by atoms with E-state index in [1.807, 2.05) is 22.7 Å². The number of aryl methyl sites for hydroxylation is 2. The van der Waals surface area contributed by atoms with Gasteiger partial charge in [-0.15, -0.1) is 22.7 Å². The average Bonchev–Trinajstić information content (AvgIpc) is 3.27. The maximum absolute atomic E-state index is 2.40. The number of hydrogen-bond acceptors (Lipinski definition) is 2. The lowest BCUT2D eigenvalue weighted by Crippen LogP contribution is -2.01. The molecule has 2 aromatic rings. The zero-order valence-electron chi connectivity index (χ0n) is 16.0. The van der Waals surface area contributed by atoms with Crippen molar-refractivity contribution in [3.63, 3.8) is 0 Å². The van der Waals surface area contributed by atoms with Crippen LogP contribution in [0.25, 0.3) is 0 Å².